The van der Waals surface area contributed by atoms with Gasteiger partial charge in [-0.15, -0.1) is 0 Å². The van der Waals surface area contributed by atoms with Gasteiger partial charge in [0.15, 0.2) is 23.9 Å². The normalized spacial score (nSPS) is 11.3. The molecule has 8 nitrogen and oxygen atoms in total. The highest BCUT2D eigenvalue weighted by molar-refractivity contribution is 9.10. The monoisotopic (exact) mass is 576 g/mol. The molecular weight excluding hydrogens is 560 g/mol. The van der Waals surface area contributed by atoms with Crippen molar-refractivity contribution in [2.75, 3.05) is 13.2 Å². The first-order chi connectivity index (χ1) is 18.0. The van der Waals surface area contributed by atoms with Crippen LogP contribution in [0.15, 0.2) is 79.4 Å². The SMILES string of the molecule is CCOc1cc(C=Nn2c(-c3cc4cc(Br)ccc4o3)nc3ccccc3c2=O)cc(Cl)c1OCC#N. The Morgan fingerprint density at radius 3 is 2.84 bits per heavy atom. The Morgan fingerprint density at radius 2 is 2.03 bits per heavy atom. The van der Waals surface area contributed by atoms with Gasteiger partial charge in [0, 0.05) is 9.86 Å². The first-order valence-electron chi connectivity index (χ1n) is 11.2. The van der Waals surface area contributed by atoms with Crippen LogP contribution >= 0.6 is 27.5 Å². The number of nitrogens with zero attached hydrogens (tertiary/aromatic N) is 4. The van der Waals surface area contributed by atoms with Gasteiger partial charge in [0.25, 0.3) is 5.56 Å². The highest BCUT2D eigenvalue weighted by atomic mass is 79.9. The Kier molecular flexibility index (Phi) is 6.95. The van der Waals surface area contributed by atoms with Gasteiger partial charge in [-0.25, -0.2) is 4.98 Å². The zero-order chi connectivity index (χ0) is 25.9. The number of hydrogen-bond acceptors (Lipinski definition) is 7. The highest BCUT2D eigenvalue weighted by Gasteiger charge is 2.17. The number of hydrogen-bond donors (Lipinski definition) is 0. The molecule has 0 aliphatic carbocycles. The standard InChI is InChI=1S/C27H18BrClN4O4/c1-2-35-23-12-16(11-20(29)25(23)36-10-9-30)15-31-33-26(32-21-6-4-3-5-19(21)27(33)34)24-14-17-13-18(28)7-8-22(17)37-24/h3-8,11-15H,2,10H2,1H3. The van der Waals surface area contributed by atoms with E-state index in [0.717, 1.165) is 9.86 Å². The molecule has 2 heterocycles. The molecule has 0 saturated heterocycles. The van der Waals surface area contributed by atoms with E-state index in [1.807, 2.05) is 43.3 Å². The minimum Gasteiger partial charge on any atom is -0.490 e. The number of benzene rings is 3. The van der Waals surface area contributed by atoms with E-state index in [-0.39, 0.29) is 28.8 Å². The maximum Gasteiger partial charge on any atom is 0.282 e. The summed E-state index contributed by atoms with van der Waals surface area (Å²) in [6.07, 6.45) is 1.48. The summed E-state index contributed by atoms with van der Waals surface area (Å²) >= 11 is 9.87. The predicted molar refractivity (Wildman–Crippen MR) is 146 cm³/mol. The van der Waals surface area contributed by atoms with Crippen LogP contribution in [0.1, 0.15) is 12.5 Å². The minimum absolute atomic E-state index is 0.178. The lowest BCUT2D eigenvalue weighted by Gasteiger charge is -2.12. The molecule has 0 fully saturated rings. The van der Waals surface area contributed by atoms with E-state index in [4.69, 9.17) is 35.7 Å². The fourth-order valence-electron chi connectivity index (χ4n) is 3.81. The second kappa shape index (κ2) is 10.5. The number of fused-ring (bicyclic) bond motifs is 2. The fourth-order valence-corrected chi connectivity index (χ4v) is 4.46. The van der Waals surface area contributed by atoms with E-state index in [9.17, 15) is 4.79 Å². The summed E-state index contributed by atoms with van der Waals surface area (Å²) in [5.41, 5.74) is 1.37. The quantitative estimate of drug-likeness (QED) is 0.207. The van der Waals surface area contributed by atoms with E-state index in [1.165, 1.54) is 10.9 Å². The van der Waals surface area contributed by atoms with Crippen molar-refractivity contribution in [2.45, 2.75) is 6.92 Å². The van der Waals surface area contributed by atoms with Crippen molar-refractivity contribution in [3.8, 4) is 29.2 Å². The maximum atomic E-state index is 13.5. The molecule has 5 aromatic rings. The van der Waals surface area contributed by atoms with Gasteiger partial charge in [-0.3, -0.25) is 4.79 Å². The van der Waals surface area contributed by atoms with Crippen molar-refractivity contribution < 1.29 is 13.9 Å². The van der Waals surface area contributed by atoms with Gasteiger partial charge in [0.2, 0.25) is 5.82 Å². The van der Waals surface area contributed by atoms with Crippen LogP contribution in [0.25, 0.3) is 33.5 Å². The summed E-state index contributed by atoms with van der Waals surface area (Å²) < 4.78 is 19.2. The Morgan fingerprint density at radius 1 is 1.19 bits per heavy atom. The summed E-state index contributed by atoms with van der Waals surface area (Å²) in [7, 11) is 0. The molecule has 0 aliphatic rings. The van der Waals surface area contributed by atoms with E-state index in [0.29, 0.717) is 40.2 Å². The second-order valence-electron chi connectivity index (χ2n) is 7.82. The zero-order valence-corrected chi connectivity index (χ0v) is 21.8. The van der Waals surface area contributed by atoms with Gasteiger partial charge >= 0.3 is 0 Å². The average Bonchev–Trinajstić information content (AvgIpc) is 3.31. The number of ether oxygens (including phenoxy) is 2. The largest absolute Gasteiger partial charge is 0.490 e. The lowest BCUT2D eigenvalue weighted by Crippen LogP contribution is -2.20. The van der Waals surface area contributed by atoms with E-state index in [2.05, 4.69) is 21.0 Å². The molecular formula is C27H18BrClN4O4. The number of halogens is 2. The van der Waals surface area contributed by atoms with Crippen molar-refractivity contribution in [3.63, 3.8) is 0 Å². The number of rotatable bonds is 7. The topological polar surface area (TPSA) is 103 Å². The van der Waals surface area contributed by atoms with Crippen molar-refractivity contribution >= 4 is 55.6 Å². The molecule has 0 saturated carbocycles. The Balaban J connectivity index is 1.65. The Bertz CT molecular complexity index is 1770. The molecule has 5 rings (SSSR count). The van der Waals surface area contributed by atoms with Crippen LogP contribution in [-0.4, -0.2) is 29.1 Å². The van der Waals surface area contributed by atoms with Gasteiger partial charge in [-0.05, 0) is 61.0 Å². The van der Waals surface area contributed by atoms with E-state index >= 15 is 0 Å². The van der Waals surface area contributed by atoms with Gasteiger partial charge in [-0.2, -0.15) is 15.0 Å². The summed E-state index contributed by atoms with van der Waals surface area (Å²) in [5.74, 6) is 1.26. The van der Waals surface area contributed by atoms with Gasteiger partial charge in [-0.1, -0.05) is 39.7 Å². The summed E-state index contributed by atoms with van der Waals surface area (Å²) in [5, 5.41) is 14.8. The van der Waals surface area contributed by atoms with E-state index < -0.39 is 0 Å². The third-order valence-corrected chi connectivity index (χ3v) is 6.16. The first-order valence-corrected chi connectivity index (χ1v) is 12.4. The fraction of sp³-hybridized carbons (Fsp3) is 0.111. The van der Waals surface area contributed by atoms with Crippen molar-refractivity contribution in [1.82, 2.24) is 9.66 Å². The number of aromatic nitrogens is 2. The molecule has 0 bridgehead atoms. The summed E-state index contributed by atoms with van der Waals surface area (Å²) in [6.45, 7) is 2.00. The molecule has 10 heteroatoms. The van der Waals surface area contributed by atoms with Crippen LogP contribution in [0.5, 0.6) is 11.5 Å². The lowest BCUT2D eigenvalue weighted by molar-refractivity contribution is 0.299. The number of nitriles is 1. The lowest BCUT2D eigenvalue weighted by atomic mass is 10.2. The molecule has 2 aromatic heterocycles. The minimum atomic E-state index is -0.358. The van der Waals surface area contributed by atoms with Gasteiger partial charge in [0.05, 0.1) is 28.7 Å². The van der Waals surface area contributed by atoms with Crippen LogP contribution in [0.4, 0.5) is 0 Å². The van der Waals surface area contributed by atoms with Gasteiger partial charge < -0.3 is 13.9 Å². The summed E-state index contributed by atoms with van der Waals surface area (Å²) in [6, 6.07) is 19.7. The van der Waals surface area contributed by atoms with Crippen LogP contribution in [0.2, 0.25) is 5.02 Å². The number of para-hydroxylation sites is 1. The predicted octanol–water partition coefficient (Wildman–Crippen LogP) is 6.41. The third kappa shape index (κ3) is 4.94. The van der Waals surface area contributed by atoms with Crippen LogP contribution in [-0.2, 0) is 0 Å². The maximum absolute atomic E-state index is 13.5. The third-order valence-electron chi connectivity index (χ3n) is 5.39. The molecule has 0 unspecified atom stereocenters. The zero-order valence-electron chi connectivity index (χ0n) is 19.4. The smallest absolute Gasteiger partial charge is 0.282 e. The van der Waals surface area contributed by atoms with Crippen LogP contribution in [0.3, 0.4) is 0 Å². The summed E-state index contributed by atoms with van der Waals surface area (Å²) in [4.78, 5) is 18.2. The molecule has 184 valence electrons. The van der Waals surface area contributed by atoms with Crippen molar-refractivity contribution in [2.24, 2.45) is 5.10 Å². The average molecular weight is 578 g/mol. The van der Waals surface area contributed by atoms with Crippen molar-refractivity contribution in [3.05, 3.63) is 86.1 Å². The second-order valence-corrected chi connectivity index (χ2v) is 9.14. The molecule has 37 heavy (non-hydrogen) atoms. The molecule has 0 N–H and O–H groups in total. The van der Waals surface area contributed by atoms with E-state index in [1.54, 1.807) is 30.3 Å². The Labute approximate surface area is 224 Å². The molecule has 0 spiro atoms. The van der Waals surface area contributed by atoms with Crippen LogP contribution in [0, 0.1) is 11.3 Å². The molecule has 0 radical (unpaired) electrons. The van der Waals surface area contributed by atoms with Crippen molar-refractivity contribution in [1.29, 1.82) is 5.26 Å². The van der Waals surface area contributed by atoms with Gasteiger partial charge in [0.1, 0.15) is 11.7 Å². The Hall–Kier alpha value is -4.13. The molecule has 3 aromatic carbocycles. The molecule has 0 atom stereocenters. The highest BCUT2D eigenvalue weighted by Crippen LogP contribution is 2.36. The molecule has 0 amide bonds. The van der Waals surface area contributed by atoms with Crippen LogP contribution < -0.4 is 15.0 Å². The number of furan rings is 1. The molecule has 0 aliphatic heterocycles. The first kappa shape index (κ1) is 24.6.